The summed E-state index contributed by atoms with van der Waals surface area (Å²) in [6.07, 6.45) is 3.37. The van der Waals surface area contributed by atoms with Gasteiger partial charge in [0.05, 0.1) is 0 Å². The van der Waals surface area contributed by atoms with Gasteiger partial charge in [-0.2, -0.15) is 0 Å². The quantitative estimate of drug-likeness (QED) is 0.601. The fourth-order valence-electron chi connectivity index (χ4n) is 1.48. The molecule has 0 unspecified atom stereocenters. The van der Waals surface area contributed by atoms with E-state index in [-0.39, 0.29) is 0 Å². The molecule has 0 aromatic rings. The predicted octanol–water partition coefficient (Wildman–Crippen LogP) is 0.986. The van der Waals surface area contributed by atoms with Crippen molar-refractivity contribution in [1.29, 1.82) is 0 Å². The first kappa shape index (κ1) is 8.75. The highest BCUT2D eigenvalue weighted by molar-refractivity contribution is 5.10. The van der Waals surface area contributed by atoms with Crippen molar-refractivity contribution >= 4 is 0 Å². The maximum absolute atomic E-state index is 5.43. The molecular weight excluding hydrogens is 136 g/mol. The molecule has 1 heterocycles. The van der Waals surface area contributed by atoms with Gasteiger partial charge in [-0.05, 0) is 20.3 Å². The summed E-state index contributed by atoms with van der Waals surface area (Å²) < 4.78 is 0. The maximum Gasteiger partial charge on any atom is 0.0196 e. The second-order valence-electron chi connectivity index (χ2n) is 3.41. The average molecular weight is 154 g/mol. The Kier molecular flexibility index (Phi) is 3.09. The van der Waals surface area contributed by atoms with Gasteiger partial charge in [0.1, 0.15) is 0 Å². The van der Waals surface area contributed by atoms with Crippen LogP contribution in [0.15, 0.2) is 11.6 Å². The summed E-state index contributed by atoms with van der Waals surface area (Å²) in [6.45, 7) is 7.52. The maximum atomic E-state index is 5.43. The zero-order chi connectivity index (χ0) is 8.27. The van der Waals surface area contributed by atoms with E-state index in [1.807, 2.05) is 0 Å². The third kappa shape index (κ3) is 2.31. The van der Waals surface area contributed by atoms with Gasteiger partial charge in [0.2, 0.25) is 0 Å². The Morgan fingerprint density at radius 3 is 2.82 bits per heavy atom. The summed E-state index contributed by atoms with van der Waals surface area (Å²) in [5.74, 6) is 0. The van der Waals surface area contributed by atoms with Crippen LogP contribution in [0.5, 0.6) is 0 Å². The fourth-order valence-corrected chi connectivity index (χ4v) is 1.48. The Bertz CT molecular complexity index is 150. The van der Waals surface area contributed by atoms with E-state index in [0.29, 0.717) is 12.6 Å². The van der Waals surface area contributed by atoms with Crippen molar-refractivity contribution in [2.24, 2.45) is 5.73 Å². The third-order valence-corrected chi connectivity index (χ3v) is 2.26. The van der Waals surface area contributed by atoms with Crippen LogP contribution in [0.4, 0.5) is 0 Å². The molecule has 0 aliphatic carbocycles. The van der Waals surface area contributed by atoms with Crippen molar-refractivity contribution in [2.45, 2.75) is 26.3 Å². The highest BCUT2D eigenvalue weighted by Gasteiger charge is 2.17. The number of nitrogens with zero attached hydrogens (tertiary/aromatic N) is 1. The summed E-state index contributed by atoms with van der Waals surface area (Å²) in [6, 6.07) is 0.679. The van der Waals surface area contributed by atoms with Crippen molar-refractivity contribution in [3.63, 3.8) is 0 Å². The van der Waals surface area contributed by atoms with E-state index in [0.717, 1.165) is 6.54 Å². The Balaban J connectivity index is 2.40. The van der Waals surface area contributed by atoms with E-state index in [4.69, 9.17) is 5.73 Å². The summed E-state index contributed by atoms with van der Waals surface area (Å²) in [5.41, 5.74) is 6.95. The largest absolute Gasteiger partial charge is 0.327 e. The zero-order valence-corrected chi connectivity index (χ0v) is 7.51. The van der Waals surface area contributed by atoms with Crippen LogP contribution in [-0.4, -0.2) is 30.6 Å². The molecule has 0 radical (unpaired) electrons. The molecule has 0 spiro atoms. The van der Waals surface area contributed by atoms with Crippen LogP contribution in [0.3, 0.4) is 0 Å². The van der Waals surface area contributed by atoms with Gasteiger partial charge < -0.3 is 5.73 Å². The molecule has 0 atom stereocenters. The second-order valence-corrected chi connectivity index (χ2v) is 3.41. The van der Waals surface area contributed by atoms with Gasteiger partial charge in [-0.1, -0.05) is 11.6 Å². The minimum Gasteiger partial charge on any atom is -0.327 e. The van der Waals surface area contributed by atoms with Crippen LogP contribution in [0, 0.1) is 0 Å². The van der Waals surface area contributed by atoms with Gasteiger partial charge >= 0.3 is 0 Å². The van der Waals surface area contributed by atoms with Gasteiger partial charge in [-0.25, -0.2) is 0 Å². The molecule has 1 aliphatic heterocycles. The molecule has 0 aromatic heterocycles. The van der Waals surface area contributed by atoms with E-state index >= 15 is 0 Å². The summed E-state index contributed by atoms with van der Waals surface area (Å²) in [4.78, 5) is 2.47. The van der Waals surface area contributed by atoms with E-state index in [1.54, 1.807) is 0 Å². The normalized spacial score (nSPS) is 23.8. The van der Waals surface area contributed by atoms with Crippen LogP contribution in [-0.2, 0) is 0 Å². The predicted molar refractivity (Wildman–Crippen MR) is 48.5 cm³/mol. The van der Waals surface area contributed by atoms with Gasteiger partial charge in [-0.15, -0.1) is 0 Å². The molecule has 2 N–H and O–H groups in total. The van der Waals surface area contributed by atoms with Crippen LogP contribution in [0.1, 0.15) is 20.3 Å². The fraction of sp³-hybridized carbons (Fsp3) is 0.778. The smallest absolute Gasteiger partial charge is 0.0196 e. The molecule has 1 aliphatic rings. The first-order valence-electron chi connectivity index (χ1n) is 4.36. The van der Waals surface area contributed by atoms with Crippen LogP contribution in [0.25, 0.3) is 0 Å². The highest BCUT2D eigenvalue weighted by atomic mass is 15.2. The summed E-state index contributed by atoms with van der Waals surface area (Å²) in [5, 5.41) is 0. The second kappa shape index (κ2) is 3.88. The molecule has 1 rings (SSSR count). The lowest BCUT2D eigenvalue weighted by Gasteiger charge is -2.18. The monoisotopic (exact) mass is 154 g/mol. The standard InChI is InChI=1S/C9H18N2/c1-8(2)11-6-4-9(7-11)3-5-10/h3,8H,4-7,10H2,1-2H3. The van der Waals surface area contributed by atoms with Crippen molar-refractivity contribution in [2.75, 3.05) is 19.6 Å². The SMILES string of the molecule is CC(C)N1CCC(=CCN)C1. The molecule has 0 aromatic carbocycles. The Hall–Kier alpha value is -0.340. The van der Waals surface area contributed by atoms with Gasteiger partial charge in [0.25, 0.3) is 0 Å². The Morgan fingerprint density at radius 1 is 1.64 bits per heavy atom. The van der Waals surface area contributed by atoms with Gasteiger partial charge in [-0.3, -0.25) is 4.90 Å². The number of nitrogens with two attached hydrogens (primary N) is 1. The lowest BCUT2D eigenvalue weighted by molar-refractivity contribution is 0.281. The van der Waals surface area contributed by atoms with Crippen LogP contribution in [0.2, 0.25) is 0 Å². The number of hydrogen-bond acceptors (Lipinski definition) is 2. The first-order valence-corrected chi connectivity index (χ1v) is 4.36. The molecule has 2 nitrogen and oxygen atoms in total. The van der Waals surface area contributed by atoms with Gasteiger partial charge in [0, 0.05) is 25.7 Å². The number of hydrogen-bond donors (Lipinski definition) is 1. The molecule has 0 amide bonds. The van der Waals surface area contributed by atoms with E-state index in [1.165, 1.54) is 18.5 Å². The summed E-state index contributed by atoms with van der Waals surface area (Å²) in [7, 11) is 0. The number of likely N-dealkylation sites (tertiary alicyclic amines) is 1. The molecule has 1 fully saturated rings. The lowest BCUT2D eigenvalue weighted by atomic mass is 10.2. The molecular formula is C9H18N2. The van der Waals surface area contributed by atoms with E-state index in [9.17, 15) is 0 Å². The molecule has 0 bridgehead atoms. The zero-order valence-electron chi connectivity index (χ0n) is 7.51. The van der Waals surface area contributed by atoms with E-state index in [2.05, 4.69) is 24.8 Å². The molecule has 2 heteroatoms. The summed E-state index contributed by atoms with van der Waals surface area (Å²) >= 11 is 0. The molecule has 0 saturated carbocycles. The third-order valence-electron chi connectivity index (χ3n) is 2.26. The topological polar surface area (TPSA) is 29.3 Å². The highest BCUT2D eigenvalue weighted by Crippen LogP contribution is 2.16. The average Bonchev–Trinajstić information content (AvgIpc) is 2.37. The molecule has 64 valence electrons. The van der Waals surface area contributed by atoms with Crippen molar-refractivity contribution in [3.8, 4) is 0 Å². The molecule has 11 heavy (non-hydrogen) atoms. The minimum absolute atomic E-state index is 0.679. The first-order chi connectivity index (χ1) is 5.24. The van der Waals surface area contributed by atoms with Crippen LogP contribution < -0.4 is 5.73 Å². The minimum atomic E-state index is 0.679. The van der Waals surface area contributed by atoms with Gasteiger partial charge in [0.15, 0.2) is 0 Å². The van der Waals surface area contributed by atoms with Crippen molar-refractivity contribution in [1.82, 2.24) is 4.90 Å². The van der Waals surface area contributed by atoms with Crippen molar-refractivity contribution in [3.05, 3.63) is 11.6 Å². The van der Waals surface area contributed by atoms with E-state index < -0.39 is 0 Å². The number of rotatable bonds is 2. The Labute approximate surface area is 69.1 Å². The van der Waals surface area contributed by atoms with Crippen molar-refractivity contribution < 1.29 is 0 Å². The molecule has 1 saturated heterocycles. The van der Waals surface area contributed by atoms with Crippen LogP contribution >= 0.6 is 0 Å². The Morgan fingerprint density at radius 2 is 2.36 bits per heavy atom. The lowest BCUT2D eigenvalue weighted by Crippen LogP contribution is -2.27.